The van der Waals surface area contributed by atoms with Crippen LogP contribution in [0, 0.1) is 0 Å². The van der Waals surface area contributed by atoms with Gasteiger partial charge in [-0.1, -0.05) is 42.5 Å². The lowest BCUT2D eigenvalue weighted by atomic mass is 10.00. The summed E-state index contributed by atoms with van der Waals surface area (Å²) in [6, 6.07) is 18.1. The number of amides is 1. The van der Waals surface area contributed by atoms with Crippen molar-refractivity contribution in [3.05, 3.63) is 65.7 Å². The predicted molar refractivity (Wildman–Crippen MR) is 95.0 cm³/mol. The van der Waals surface area contributed by atoms with Gasteiger partial charge in [0.25, 0.3) is 0 Å². The number of para-hydroxylation sites is 1. The Bertz CT molecular complexity index is 672. The molecule has 0 saturated carbocycles. The van der Waals surface area contributed by atoms with Crippen LogP contribution in [0.2, 0.25) is 0 Å². The minimum absolute atomic E-state index is 0.187. The molecule has 24 heavy (non-hydrogen) atoms. The van der Waals surface area contributed by atoms with E-state index in [-0.39, 0.29) is 5.91 Å². The molecule has 0 unspecified atom stereocenters. The van der Waals surface area contributed by atoms with Crippen LogP contribution in [-0.4, -0.2) is 49.0 Å². The molecule has 0 N–H and O–H groups in total. The third-order valence-corrected chi connectivity index (χ3v) is 4.37. The summed E-state index contributed by atoms with van der Waals surface area (Å²) in [5, 5.41) is 0. The Kier molecular flexibility index (Phi) is 5.49. The van der Waals surface area contributed by atoms with E-state index in [2.05, 4.69) is 18.2 Å². The Balaban J connectivity index is 1.43. The normalized spacial score (nSPS) is 13.7. The van der Waals surface area contributed by atoms with Crippen molar-refractivity contribution in [1.29, 1.82) is 0 Å². The molecule has 0 aromatic heterocycles. The van der Waals surface area contributed by atoms with E-state index < -0.39 is 0 Å². The van der Waals surface area contributed by atoms with Crippen LogP contribution in [0.4, 0.5) is 0 Å². The molecule has 2 aromatic rings. The lowest BCUT2D eigenvalue weighted by molar-refractivity contribution is -0.133. The zero-order chi connectivity index (χ0) is 16.8. The van der Waals surface area contributed by atoms with Gasteiger partial charge in [-0.2, -0.15) is 0 Å². The molecule has 0 saturated heterocycles. The van der Waals surface area contributed by atoms with Gasteiger partial charge in [-0.25, -0.2) is 0 Å². The number of hydrogen-bond donors (Lipinski definition) is 0. The molecular formula is C20H24N2O2. The first-order chi connectivity index (χ1) is 11.7. The second kappa shape index (κ2) is 7.97. The van der Waals surface area contributed by atoms with Gasteiger partial charge < -0.3 is 9.64 Å². The Hall–Kier alpha value is -2.33. The summed E-state index contributed by atoms with van der Waals surface area (Å²) in [6.07, 6.45) is 0.947. The van der Waals surface area contributed by atoms with Crippen LogP contribution in [0.25, 0.3) is 0 Å². The number of likely N-dealkylation sites (N-methyl/N-ethyl adjacent to an activating group) is 1. The van der Waals surface area contributed by atoms with Crippen LogP contribution in [0.3, 0.4) is 0 Å². The lowest BCUT2D eigenvalue weighted by Gasteiger charge is -2.30. The molecule has 0 radical (unpaired) electrons. The molecule has 0 aliphatic carbocycles. The first-order valence-electron chi connectivity index (χ1n) is 8.43. The molecule has 0 fully saturated rings. The summed E-state index contributed by atoms with van der Waals surface area (Å²) in [6.45, 7) is 3.27. The van der Waals surface area contributed by atoms with E-state index in [0.29, 0.717) is 13.2 Å². The second-order valence-corrected chi connectivity index (χ2v) is 6.23. The maximum Gasteiger partial charge on any atom is 0.237 e. The summed E-state index contributed by atoms with van der Waals surface area (Å²) < 4.78 is 5.68. The zero-order valence-electron chi connectivity index (χ0n) is 14.1. The zero-order valence-corrected chi connectivity index (χ0v) is 14.1. The second-order valence-electron chi connectivity index (χ2n) is 6.23. The maximum absolute atomic E-state index is 12.5. The standard InChI is InChI=1S/C20H24N2O2/c1-21(13-14-24-19-9-3-2-4-10-19)16-20(23)22-12-11-17-7-5-6-8-18(17)15-22/h2-10H,11-16H2,1H3. The number of rotatable bonds is 6. The molecule has 3 rings (SSSR count). The summed E-state index contributed by atoms with van der Waals surface area (Å²) in [4.78, 5) is 16.5. The van der Waals surface area contributed by atoms with E-state index in [4.69, 9.17) is 4.74 Å². The monoisotopic (exact) mass is 324 g/mol. The molecule has 0 atom stereocenters. The van der Waals surface area contributed by atoms with Crippen molar-refractivity contribution in [2.45, 2.75) is 13.0 Å². The van der Waals surface area contributed by atoms with Gasteiger partial charge >= 0.3 is 0 Å². The van der Waals surface area contributed by atoms with Gasteiger partial charge in [0.2, 0.25) is 5.91 Å². The van der Waals surface area contributed by atoms with Crippen LogP contribution in [0.1, 0.15) is 11.1 Å². The van der Waals surface area contributed by atoms with Crippen LogP contribution < -0.4 is 4.74 Å². The van der Waals surface area contributed by atoms with E-state index in [1.54, 1.807) is 0 Å². The number of fused-ring (bicyclic) bond motifs is 1. The highest BCUT2D eigenvalue weighted by atomic mass is 16.5. The molecule has 2 aromatic carbocycles. The number of nitrogens with zero attached hydrogens (tertiary/aromatic N) is 2. The van der Waals surface area contributed by atoms with Crippen LogP contribution in [0.15, 0.2) is 54.6 Å². The molecular weight excluding hydrogens is 300 g/mol. The Labute approximate surface area is 143 Å². The molecule has 4 nitrogen and oxygen atoms in total. The number of carbonyl (C=O) groups is 1. The average molecular weight is 324 g/mol. The first kappa shape index (κ1) is 16.5. The van der Waals surface area contributed by atoms with E-state index >= 15 is 0 Å². The molecule has 1 aliphatic rings. The summed E-state index contributed by atoms with van der Waals surface area (Å²) >= 11 is 0. The fraction of sp³-hybridized carbons (Fsp3) is 0.350. The molecule has 0 bridgehead atoms. The van der Waals surface area contributed by atoms with Crippen LogP contribution in [-0.2, 0) is 17.8 Å². The van der Waals surface area contributed by atoms with Crippen LogP contribution in [0.5, 0.6) is 5.75 Å². The number of benzene rings is 2. The molecule has 4 heteroatoms. The number of hydrogen-bond acceptors (Lipinski definition) is 3. The Morgan fingerprint density at radius 1 is 1.08 bits per heavy atom. The fourth-order valence-electron chi connectivity index (χ4n) is 2.95. The SMILES string of the molecule is CN(CCOc1ccccc1)CC(=O)N1CCc2ccccc2C1. The van der Waals surface area contributed by atoms with Gasteiger partial charge in [-0.15, -0.1) is 0 Å². The maximum atomic E-state index is 12.5. The minimum Gasteiger partial charge on any atom is -0.492 e. The third kappa shape index (κ3) is 4.36. The number of carbonyl (C=O) groups excluding carboxylic acids is 1. The summed E-state index contributed by atoms with van der Waals surface area (Å²) in [5.74, 6) is 1.05. The van der Waals surface area contributed by atoms with Gasteiger partial charge in [-0.05, 0) is 36.7 Å². The topological polar surface area (TPSA) is 32.8 Å². The minimum atomic E-state index is 0.187. The van der Waals surface area contributed by atoms with Gasteiger partial charge in [0, 0.05) is 19.6 Å². The largest absolute Gasteiger partial charge is 0.492 e. The predicted octanol–water partition coefficient (Wildman–Crippen LogP) is 2.58. The molecule has 1 aliphatic heterocycles. The summed E-state index contributed by atoms with van der Waals surface area (Å²) in [7, 11) is 1.96. The fourth-order valence-corrected chi connectivity index (χ4v) is 2.95. The van der Waals surface area contributed by atoms with Crippen molar-refractivity contribution in [3.63, 3.8) is 0 Å². The Morgan fingerprint density at radius 2 is 1.79 bits per heavy atom. The van der Waals surface area contributed by atoms with Gasteiger partial charge in [0.05, 0.1) is 6.54 Å². The van der Waals surface area contributed by atoms with Gasteiger partial charge in [0.15, 0.2) is 0 Å². The van der Waals surface area contributed by atoms with Crippen molar-refractivity contribution < 1.29 is 9.53 Å². The average Bonchev–Trinajstić information content (AvgIpc) is 2.62. The van der Waals surface area contributed by atoms with Crippen molar-refractivity contribution >= 4 is 5.91 Å². The van der Waals surface area contributed by atoms with Gasteiger partial charge in [-0.3, -0.25) is 9.69 Å². The quantitative estimate of drug-likeness (QED) is 0.819. The van der Waals surface area contributed by atoms with Crippen LogP contribution >= 0.6 is 0 Å². The molecule has 1 heterocycles. The highest BCUT2D eigenvalue weighted by Crippen LogP contribution is 2.18. The smallest absolute Gasteiger partial charge is 0.237 e. The van der Waals surface area contributed by atoms with Crippen molar-refractivity contribution in [1.82, 2.24) is 9.80 Å². The van der Waals surface area contributed by atoms with E-state index in [1.165, 1.54) is 11.1 Å². The Morgan fingerprint density at radius 3 is 2.58 bits per heavy atom. The molecule has 126 valence electrons. The number of ether oxygens (including phenoxy) is 1. The highest BCUT2D eigenvalue weighted by Gasteiger charge is 2.21. The first-order valence-corrected chi connectivity index (χ1v) is 8.43. The molecule has 1 amide bonds. The van der Waals surface area contributed by atoms with E-state index in [9.17, 15) is 4.79 Å². The third-order valence-electron chi connectivity index (χ3n) is 4.37. The van der Waals surface area contributed by atoms with Crippen molar-refractivity contribution in [2.24, 2.45) is 0 Å². The van der Waals surface area contributed by atoms with E-state index in [1.807, 2.05) is 53.2 Å². The summed E-state index contributed by atoms with van der Waals surface area (Å²) in [5.41, 5.74) is 2.64. The van der Waals surface area contributed by atoms with E-state index in [0.717, 1.165) is 31.8 Å². The highest BCUT2D eigenvalue weighted by molar-refractivity contribution is 5.78. The van der Waals surface area contributed by atoms with Crippen molar-refractivity contribution in [3.8, 4) is 5.75 Å². The molecule has 0 spiro atoms. The lowest BCUT2D eigenvalue weighted by Crippen LogP contribution is -2.42. The van der Waals surface area contributed by atoms with Crippen molar-refractivity contribution in [2.75, 3.05) is 33.3 Å². The van der Waals surface area contributed by atoms with Gasteiger partial charge in [0.1, 0.15) is 12.4 Å².